The van der Waals surface area contributed by atoms with E-state index in [0.29, 0.717) is 24.7 Å². The third-order valence-electron chi connectivity index (χ3n) is 4.17. The topological polar surface area (TPSA) is 43.4 Å². The van der Waals surface area contributed by atoms with Gasteiger partial charge in [-0.15, -0.1) is 0 Å². The minimum Gasteiger partial charge on any atom is -0.460 e. The molecule has 1 aromatic carbocycles. The summed E-state index contributed by atoms with van der Waals surface area (Å²) in [4.78, 5) is 23.3. The predicted octanol–water partition coefficient (Wildman–Crippen LogP) is 2.35. The van der Waals surface area contributed by atoms with Gasteiger partial charge in [-0.3, -0.25) is 4.79 Å². The van der Waals surface area contributed by atoms with Gasteiger partial charge in [0, 0.05) is 0 Å². The highest BCUT2D eigenvalue weighted by atomic mass is 16.5. The second-order valence-corrected chi connectivity index (χ2v) is 5.50. The van der Waals surface area contributed by atoms with Crippen LogP contribution in [0.3, 0.4) is 0 Å². The Bertz CT molecular complexity index is 456. The highest BCUT2D eigenvalue weighted by molar-refractivity contribution is 5.93. The van der Waals surface area contributed by atoms with Gasteiger partial charge in [0.15, 0.2) is 0 Å². The minimum absolute atomic E-state index is 0.255. The van der Waals surface area contributed by atoms with Gasteiger partial charge in [-0.05, 0) is 36.7 Å². The van der Waals surface area contributed by atoms with E-state index in [9.17, 15) is 9.59 Å². The molecule has 0 radical (unpaired) electrons. The third kappa shape index (κ3) is 1.94. The minimum atomic E-state index is -0.845. The molecule has 2 aliphatic carbocycles. The van der Waals surface area contributed by atoms with E-state index in [1.807, 2.05) is 30.3 Å². The van der Waals surface area contributed by atoms with Crippen LogP contribution in [0.5, 0.6) is 0 Å². The lowest BCUT2D eigenvalue weighted by Crippen LogP contribution is -2.33. The van der Waals surface area contributed by atoms with E-state index in [-0.39, 0.29) is 12.6 Å². The summed E-state index contributed by atoms with van der Waals surface area (Å²) in [7, 11) is 0. The number of benzene rings is 1. The maximum atomic E-state index is 12.1. The number of rotatable bonds is 4. The van der Waals surface area contributed by atoms with Gasteiger partial charge in [0.05, 0.1) is 0 Å². The molecule has 0 saturated heterocycles. The molecule has 0 aliphatic heterocycles. The van der Waals surface area contributed by atoms with Crippen LogP contribution in [0.1, 0.15) is 24.8 Å². The fourth-order valence-electron chi connectivity index (χ4n) is 3.01. The molecule has 1 unspecified atom stereocenters. The first-order chi connectivity index (χ1) is 8.73. The van der Waals surface area contributed by atoms with Crippen molar-refractivity contribution in [2.75, 3.05) is 0 Å². The normalized spacial score (nSPS) is 32.7. The van der Waals surface area contributed by atoms with Crippen LogP contribution in [-0.2, 0) is 20.9 Å². The quantitative estimate of drug-likeness (QED) is 0.464. The zero-order chi connectivity index (χ0) is 12.6. The summed E-state index contributed by atoms with van der Waals surface area (Å²) in [6.45, 7) is 0.255. The van der Waals surface area contributed by atoms with Crippen LogP contribution in [0, 0.1) is 17.3 Å². The Morgan fingerprint density at radius 3 is 2.56 bits per heavy atom. The van der Waals surface area contributed by atoms with E-state index in [1.165, 1.54) is 6.42 Å². The molecule has 0 bridgehead atoms. The Morgan fingerprint density at radius 2 is 1.94 bits per heavy atom. The summed E-state index contributed by atoms with van der Waals surface area (Å²) in [5.41, 5.74) is 0.109. The summed E-state index contributed by atoms with van der Waals surface area (Å²) in [6, 6.07) is 9.55. The van der Waals surface area contributed by atoms with Crippen LogP contribution in [-0.4, -0.2) is 12.3 Å². The third-order valence-corrected chi connectivity index (χ3v) is 4.17. The first kappa shape index (κ1) is 11.5. The lowest BCUT2D eigenvalue weighted by atomic mass is 9.85. The molecule has 0 heterocycles. The molecule has 3 nitrogen and oxygen atoms in total. The second kappa shape index (κ2) is 4.23. The van der Waals surface area contributed by atoms with E-state index in [2.05, 4.69) is 0 Å². The van der Waals surface area contributed by atoms with Gasteiger partial charge < -0.3 is 9.53 Å². The van der Waals surface area contributed by atoms with Gasteiger partial charge in [0.25, 0.3) is 0 Å². The number of carbonyl (C=O) groups is 2. The lowest BCUT2D eigenvalue weighted by Gasteiger charge is -2.21. The Balaban J connectivity index is 1.62. The first-order valence-electron chi connectivity index (χ1n) is 6.41. The van der Waals surface area contributed by atoms with E-state index in [0.717, 1.165) is 11.8 Å². The molecule has 94 valence electrons. The van der Waals surface area contributed by atoms with Crippen LogP contribution in [0.4, 0.5) is 0 Å². The van der Waals surface area contributed by atoms with Gasteiger partial charge in [-0.1, -0.05) is 30.3 Å². The number of carbonyl (C=O) groups excluding carboxylic acids is 2. The van der Waals surface area contributed by atoms with Gasteiger partial charge >= 0.3 is 5.97 Å². The first-order valence-corrected chi connectivity index (χ1v) is 6.41. The monoisotopic (exact) mass is 244 g/mol. The molecule has 1 aromatic rings. The number of fused-ring (bicyclic) bond motifs is 1. The zero-order valence-corrected chi connectivity index (χ0v) is 10.2. The standard InChI is InChI=1S/C15H16O3/c16-10-15(7-12-6-13(12)8-15)14(17)18-9-11-4-2-1-3-5-11/h1-5,10,12-13H,6-9H2/t12-,13+,15?. The van der Waals surface area contributed by atoms with Crippen molar-refractivity contribution < 1.29 is 14.3 Å². The Hall–Kier alpha value is -1.64. The number of hydrogen-bond acceptors (Lipinski definition) is 3. The predicted molar refractivity (Wildman–Crippen MR) is 65.6 cm³/mol. The Labute approximate surface area is 106 Å². The highest BCUT2D eigenvalue weighted by Gasteiger charge is 2.58. The number of esters is 1. The SMILES string of the molecule is O=CC1(C(=O)OCc2ccccc2)C[C@H]2C[C@H]2C1. The van der Waals surface area contributed by atoms with Crippen LogP contribution in [0.15, 0.2) is 30.3 Å². The molecular weight excluding hydrogens is 228 g/mol. The zero-order valence-electron chi connectivity index (χ0n) is 10.2. The number of hydrogen-bond donors (Lipinski definition) is 0. The van der Waals surface area contributed by atoms with Crippen molar-refractivity contribution in [1.29, 1.82) is 0 Å². The Kier molecular flexibility index (Phi) is 2.69. The second-order valence-electron chi connectivity index (χ2n) is 5.50. The van der Waals surface area contributed by atoms with Crippen molar-refractivity contribution >= 4 is 12.3 Å². The van der Waals surface area contributed by atoms with Crippen LogP contribution < -0.4 is 0 Å². The van der Waals surface area contributed by atoms with Crippen molar-refractivity contribution in [3.05, 3.63) is 35.9 Å². The van der Waals surface area contributed by atoms with Crippen LogP contribution in [0.25, 0.3) is 0 Å². The molecule has 18 heavy (non-hydrogen) atoms. The smallest absolute Gasteiger partial charge is 0.319 e. The van der Waals surface area contributed by atoms with Crippen molar-refractivity contribution in [1.82, 2.24) is 0 Å². The van der Waals surface area contributed by atoms with Gasteiger partial charge in [0.2, 0.25) is 0 Å². The highest BCUT2D eigenvalue weighted by Crippen LogP contribution is 2.59. The van der Waals surface area contributed by atoms with E-state index >= 15 is 0 Å². The van der Waals surface area contributed by atoms with Crippen LogP contribution >= 0.6 is 0 Å². The van der Waals surface area contributed by atoms with Gasteiger partial charge in [-0.25, -0.2) is 0 Å². The maximum absolute atomic E-state index is 12.1. The van der Waals surface area contributed by atoms with Crippen LogP contribution in [0.2, 0.25) is 0 Å². The molecule has 0 aromatic heterocycles. The van der Waals surface area contributed by atoms with Gasteiger partial charge in [0.1, 0.15) is 18.3 Å². The van der Waals surface area contributed by atoms with E-state index < -0.39 is 5.41 Å². The van der Waals surface area contributed by atoms with E-state index in [1.54, 1.807) is 0 Å². The molecule has 2 aliphatic rings. The number of aldehydes is 1. The largest absolute Gasteiger partial charge is 0.460 e. The summed E-state index contributed by atoms with van der Waals surface area (Å²) in [5, 5.41) is 0. The average molecular weight is 244 g/mol. The molecule has 3 rings (SSSR count). The number of ether oxygens (including phenoxy) is 1. The maximum Gasteiger partial charge on any atom is 0.319 e. The summed E-state index contributed by atoms with van der Waals surface area (Å²) < 4.78 is 5.30. The Morgan fingerprint density at radius 1 is 1.28 bits per heavy atom. The average Bonchev–Trinajstić information content (AvgIpc) is 3.04. The fourth-order valence-corrected chi connectivity index (χ4v) is 3.01. The lowest BCUT2D eigenvalue weighted by molar-refractivity contribution is -0.159. The molecule has 0 spiro atoms. The summed E-state index contributed by atoms with van der Waals surface area (Å²) >= 11 is 0. The molecule has 3 atom stereocenters. The molecule has 0 amide bonds. The molecule has 0 N–H and O–H groups in total. The fraction of sp³-hybridized carbons (Fsp3) is 0.467. The summed E-state index contributed by atoms with van der Waals surface area (Å²) in [5.74, 6) is 0.826. The molecule has 2 saturated carbocycles. The molecule has 3 heteroatoms. The van der Waals surface area contributed by atoms with E-state index in [4.69, 9.17) is 4.74 Å². The molecular formula is C15H16O3. The van der Waals surface area contributed by atoms with Crippen molar-refractivity contribution in [2.24, 2.45) is 17.3 Å². The van der Waals surface area contributed by atoms with Gasteiger partial charge in [-0.2, -0.15) is 0 Å². The summed E-state index contributed by atoms with van der Waals surface area (Å²) in [6.07, 6.45) is 3.37. The van der Waals surface area contributed by atoms with Crippen molar-refractivity contribution in [3.63, 3.8) is 0 Å². The van der Waals surface area contributed by atoms with Crippen molar-refractivity contribution in [3.8, 4) is 0 Å². The van der Waals surface area contributed by atoms with Crippen molar-refractivity contribution in [2.45, 2.75) is 25.9 Å². The molecule has 2 fully saturated rings.